The van der Waals surface area contributed by atoms with Crippen LogP contribution in [0.1, 0.15) is 24.0 Å². The first-order chi connectivity index (χ1) is 9.22. The summed E-state index contributed by atoms with van der Waals surface area (Å²) in [6.45, 7) is 4.24. The van der Waals surface area contributed by atoms with E-state index < -0.39 is 0 Å². The van der Waals surface area contributed by atoms with E-state index in [4.69, 9.17) is 14.6 Å². The number of aryl methyl sites for hydroxylation is 1. The second-order valence-corrected chi connectivity index (χ2v) is 4.56. The highest BCUT2D eigenvalue weighted by Crippen LogP contribution is 2.30. The Balaban J connectivity index is 2.49. The van der Waals surface area contributed by atoms with Crippen molar-refractivity contribution in [1.29, 1.82) is 0 Å². The van der Waals surface area contributed by atoms with E-state index in [1.807, 2.05) is 12.1 Å². The highest BCUT2D eigenvalue weighted by atomic mass is 16.5. The van der Waals surface area contributed by atoms with Gasteiger partial charge in [-0.1, -0.05) is 0 Å². The maximum absolute atomic E-state index is 8.69. The second-order valence-electron chi connectivity index (χ2n) is 4.56. The van der Waals surface area contributed by atoms with E-state index in [2.05, 4.69) is 12.2 Å². The topological polar surface area (TPSA) is 50.7 Å². The lowest BCUT2D eigenvalue weighted by molar-refractivity contribution is 0.284. The monoisotopic (exact) mass is 267 g/mol. The van der Waals surface area contributed by atoms with Crippen molar-refractivity contribution in [3.63, 3.8) is 0 Å². The Labute approximate surface area is 115 Å². The number of unbranched alkanes of at least 4 members (excludes halogenated alkanes) is 1. The summed E-state index contributed by atoms with van der Waals surface area (Å²) in [5.41, 5.74) is 2.49. The molecule has 0 spiro atoms. The van der Waals surface area contributed by atoms with Gasteiger partial charge in [-0.2, -0.15) is 0 Å². The first-order valence-corrected chi connectivity index (χ1v) is 6.76. The lowest BCUT2D eigenvalue weighted by Crippen LogP contribution is -2.19. The van der Waals surface area contributed by atoms with Crippen LogP contribution in [0.4, 0.5) is 0 Å². The summed E-state index contributed by atoms with van der Waals surface area (Å²) in [5, 5.41) is 12.1. The molecule has 108 valence electrons. The van der Waals surface area contributed by atoms with Crippen LogP contribution < -0.4 is 14.8 Å². The molecule has 0 aliphatic carbocycles. The van der Waals surface area contributed by atoms with Gasteiger partial charge in [0.2, 0.25) is 0 Å². The predicted molar refractivity (Wildman–Crippen MR) is 77.2 cm³/mol. The molecule has 0 saturated heterocycles. The van der Waals surface area contributed by atoms with E-state index in [0.29, 0.717) is 0 Å². The summed E-state index contributed by atoms with van der Waals surface area (Å²) >= 11 is 0. The van der Waals surface area contributed by atoms with Crippen LogP contribution in [0, 0.1) is 6.92 Å². The number of methoxy groups -OCH3 is 2. The third kappa shape index (κ3) is 5.09. The standard InChI is InChI=1S/C15H25NO3/c1-12-10-14(18-2)15(19-3)11-13(12)6-8-16-7-4-5-9-17/h10-11,16-17H,4-9H2,1-3H3. The number of rotatable bonds is 9. The molecule has 0 bridgehead atoms. The molecular formula is C15H25NO3. The molecule has 1 aromatic rings. The van der Waals surface area contributed by atoms with Gasteiger partial charge in [0.1, 0.15) is 0 Å². The zero-order valence-electron chi connectivity index (χ0n) is 12.2. The molecule has 4 heteroatoms. The molecule has 0 radical (unpaired) electrons. The number of nitrogens with one attached hydrogen (secondary N) is 1. The number of ether oxygens (including phenoxy) is 2. The van der Waals surface area contributed by atoms with Gasteiger partial charge in [-0.25, -0.2) is 0 Å². The fourth-order valence-electron chi connectivity index (χ4n) is 2.00. The smallest absolute Gasteiger partial charge is 0.161 e. The molecule has 0 aliphatic rings. The summed E-state index contributed by atoms with van der Waals surface area (Å²) in [4.78, 5) is 0. The van der Waals surface area contributed by atoms with Crippen molar-refractivity contribution in [2.45, 2.75) is 26.2 Å². The van der Waals surface area contributed by atoms with Gasteiger partial charge in [-0.3, -0.25) is 0 Å². The van der Waals surface area contributed by atoms with Crippen LogP contribution >= 0.6 is 0 Å². The number of aliphatic hydroxyl groups is 1. The van der Waals surface area contributed by atoms with E-state index in [9.17, 15) is 0 Å². The van der Waals surface area contributed by atoms with Crippen LogP contribution in [-0.4, -0.2) is 39.0 Å². The Morgan fingerprint density at radius 3 is 2.37 bits per heavy atom. The SMILES string of the molecule is COc1cc(C)c(CCNCCCCO)cc1OC. The molecule has 0 fully saturated rings. The van der Waals surface area contributed by atoms with Crippen molar-refractivity contribution >= 4 is 0 Å². The maximum atomic E-state index is 8.69. The van der Waals surface area contributed by atoms with Gasteiger partial charge in [0.05, 0.1) is 14.2 Å². The van der Waals surface area contributed by atoms with E-state index in [-0.39, 0.29) is 6.61 Å². The molecular weight excluding hydrogens is 242 g/mol. The first kappa shape index (κ1) is 15.8. The summed E-state index contributed by atoms with van der Waals surface area (Å²) < 4.78 is 10.6. The predicted octanol–water partition coefficient (Wildman–Crippen LogP) is 1.92. The van der Waals surface area contributed by atoms with Gasteiger partial charge in [0.15, 0.2) is 11.5 Å². The van der Waals surface area contributed by atoms with Gasteiger partial charge in [0.25, 0.3) is 0 Å². The minimum Gasteiger partial charge on any atom is -0.493 e. The van der Waals surface area contributed by atoms with Crippen molar-refractivity contribution in [2.24, 2.45) is 0 Å². The number of hydrogen-bond acceptors (Lipinski definition) is 4. The van der Waals surface area contributed by atoms with Crippen LogP contribution in [0.3, 0.4) is 0 Å². The van der Waals surface area contributed by atoms with Crippen LogP contribution in [-0.2, 0) is 6.42 Å². The summed E-state index contributed by atoms with van der Waals surface area (Å²) in [5.74, 6) is 1.56. The molecule has 0 atom stereocenters. The minimum atomic E-state index is 0.274. The molecule has 2 N–H and O–H groups in total. The number of benzene rings is 1. The molecule has 0 amide bonds. The number of hydrogen-bond donors (Lipinski definition) is 2. The Kier molecular flexibility index (Phi) is 7.30. The average Bonchev–Trinajstić information content (AvgIpc) is 2.43. The van der Waals surface area contributed by atoms with E-state index in [1.165, 1.54) is 11.1 Å². The first-order valence-electron chi connectivity index (χ1n) is 6.76. The van der Waals surface area contributed by atoms with Gasteiger partial charge in [-0.05, 0) is 62.5 Å². The molecule has 1 rings (SSSR count). The molecule has 0 aliphatic heterocycles. The minimum absolute atomic E-state index is 0.274. The van der Waals surface area contributed by atoms with Crippen molar-refractivity contribution in [1.82, 2.24) is 5.32 Å². The molecule has 0 heterocycles. The Bertz CT molecular complexity index is 380. The quantitative estimate of drug-likeness (QED) is 0.671. The zero-order chi connectivity index (χ0) is 14.1. The summed E-state index contributed by atoms with van der Waals surface area (Å²) in [7, 11) is 3.31. The lowest BCUT2D eigenvalue weighted by atomic mass is 10.0. The van der Waals surface area contributed by atoms with Gasteiger partial charge in [0, 0.05) is 6.61 Å². The zero-order valence-corrected chi connectivity index (χ0v) is 12.2. The van der Waals surface area contributed by atoms with Crippen molar-refractivity contribution < 1.29 is 14.6 Å². The molecule has 1 aromatic carbocycles. The average molecular weight is 267 g/mol. The van der Waals surface area contributed by atoms with E-state index >= 15 is 0 Å². The number of aliphatic hydroxyl groups excluding tert-OH is 1. The van der Waals surface area contributed by atoms with Gasteiger partial charge in [-0.15, -0.1) is 0 Å². The molecule has 0 saturated carbocycles. The normalized spacial score (nSPS) is 10.5. The van der Waals surface area contributed by atoms with Gasteiger partial charge >= 0.3 is 0 Å². The van der Waals surface area contributed by atoms with Crippen molar-refractivity contribution in [2.75, 3.05) is 33.9 Å². The van der Waals surface area contributed by atoms with Crippen molar-refractivity contribution in [3.8, 4) is 11.5 Å². The lowest BCUT2D eigenvalue weighted by Gasteiger charge is -2.13. The molecule has 0 unspecified atom stereocenters. The highest BCUT2D eigenvalue weighted by Gasteiger charge is 2.08. The molecule has 0 aromatic heterocycles. The Morgan fingerprint density at radius 1 is 1.05 bits per heavy atom. The largest absolute Gasteiger partial charge is 0.493 e. The Morgan fingerprint density at radius 2 is 1.74 bits per heavy atom. The van der Waals surface area contributed by atoms with E-state index in [1.54, 1.807) is 14.2 Å². The molecule has 19 heavy (non-hydrogen) atoms. The fourth-order valence-corrected chi connectivity index (χ4v) is 2.00. The third-order valence-electron chi connectivity index (χ3n) is 3.17. The fraction of sp³-hybridized carbons (Fsp3) is 0.600. The Hall–Kier alpha value is -1.26. The van der Waals surface area contributed by atoms with Crippen LogP contribution in [0.15, 0.2) is 12.1 Å². The van der Waals surface area contributed by atoms with Crippen LogP contribution in [0.25, 0.3) is 0 Å². The second kappa shape index (κ2) is 8.77. The summed E-state index contributed by atoms with van der Waals surface area (Å²) in [6, 6.07) is 4.06. The highest BCUT2D eigenvalue weighted by molar-refractivity contribution is 5.47. The summed E-state index contributed by atoms with van der Waals surface area (Å²) in [6.07, 6.45) is 2.84. The third-order valence-corrected chi connectivity index (χ3v) is 3.17. The van der Waals surface area contributed by atoms with Crippen molar-refractivity contribution in [3.05, 3.63) is 23.3 Å². The maximum Gasteiger partial charge on any atom is 0.161 e. The van der Waals surface area contributed by atoms with Gasteiger partial charge < -0.3 is 19.9 Å². The van der Waals surface area contributed by atoms with Crippen LogP contribution in [0.2, 0.25) is 0 Å². The van der Waals surface area contributed by atoms with Crippen LogP contribution in [0.5, 0.6) is 11.5 Å². The van der Waals surface area contributed by atoms with E-state index in [0.717, 1.165) is 43.9 Å². The molecule has 4 nitrogen and oxygen atoms in total.